The minimum Gasteiger partial charge on any atom is -0.326 e. The summed E-state index contributed by atoms with van der Waals surface area (Å²) in [4.78, 5) is 27.8. The molecule has 1 amide bonds. The third kappa shape index (κ3) is 2.92. The molecule has 3 heterocycles. The van der Waals surface area contributed by atoms with Crippen LogP contribution in [0.25, 0.3) is 0 Å². The fourth-order valence-electron chi connectivity index (χ4n) is 3.23. The normalized spacial score (nSPS) is 16.3. The van der Waals surface area contributed by atoms with Crippen LogP contribution in [-0.2, 0) is 6.42 Å². The molecule has 132 valence electrons. The highest BCUT2D eigenvalue weighted by molar-refractivity contribution is 7.10. The molecule has 26 heavy (non-hydrogen) atoms. The van der Waals surface area contributed by atoms with Crippen molar-refractivity contribution >= 4 is 45.9 Å². The van der Waals surface area contributed by atoms with Gasteiger partial charge in [0.2, 0.25) is 0 Å². The van der Waals surface area contributed by atoms with E-state index in [1.165, 1.54) is 23.1 Å². The molecular weight excluding hydrogens is 392 g/mol. The second kappa shape index (κ2) is 6.83. The molecule has 4 rings (SSSR count). The van der Waals surface area contributed by atoms with E-state index in [0.717, 1.165) is 16.9 Å². The number of hydrogen-bond acceptors (Lipinski definition) is 5. The molecular formula is C18H13ClN2O3S2. The predicted molar refractivity (Wildman–Crippen MR) is 103 cm³/mol. The second-order valence-corrected chi connectivity index (χ2v) is 8.27. The molecule has 0 aliphatic carbocycles. The number of nitro benzene ring substituents is 1. The van der Waals surface area contributed by atoms with E-state index in [-0.39, 0.29) is 28.2 Å². The molecule has 0 fully saturated rings. The Kier molecular flexibility index (Phi) is 4.52. The minimum atomic E-state index is -0.521. The topological polar surface area (TPSA) is 63.4 Å². The summed E-state index contributed by atoms with van der Waals surface area (Å²) < 4.78 is 0. The van der Waals surface area contributed by atoms with Gasteiger partial charge in [-0.1, -0.05) is 17.7 Å². The van der Waals surface area contributed by atoms with E-state index in [0.29, 0.717) is 6.54 Å². The quantitative estimate of drug-likeness (QED) is 0.447. The van der Waals surface area contributed by atoms with Gasteiger partial charge in [-0.2, -0.15) is 0 Å². The van der Waals surface area contributed by atoms with Gasteiger partial charge in [-0.15, -0.1) is 22.7 Å². The highest BCUT2D eigenvalue weighted by Crippen LogP contribution is 2.40. The summed E-state index contributed by atoms with van der Waals surface area (Å²) in [5, 5.41) is 15.1. The van der Waals surface area contributed by atoms with Crippen molar-refractivity contribution in [1.29, 1.82) is 0 Å². The lowest BCUT2D eigenvalue weighted by atomic mass is 9.97. The Bertz CT molecular complexity index is 984. The first-order valence-electron chi connectivity index (χ1n) is 7.91. The number of nitrogens with zero attached hydrogens (tertiary/aromatic N) is 2. The average Bonchev–Trinajstić information content (AvgIpc) is 3.31. The lowest BCUT2D eigenvalue weighted by Gasteiger charge is -2.35. The summed E-state index contributed by atoms with van der Waals surface area (Å²) in [6.45, 7) is 0.586. The van der Waals surface area contributed by atoms with Crippen molar-refractivity contribution < 1.29 is 9.72 Å². The van der Waals surface area contributed by atoms with Crippen LogP contribution >= 0.6 is 34.3 Å². The Labute approximate surface area is 162 Å². The van der Waals surface area contributed by atoms with E-state index < -0.39 is 4.92 Å². The summed E-state index contributed by atoms with van der Waals surface area (Å²) in [7, 11) is 0. The highest BCUT2D eigenvalue weighted by atomic mass is 35.5. The van der Waals surface area contributed by atoms with E-state index in [4.69, 9.17) is 11.6 Å². The number of hydrogen-bond donors (Lipinski definition) is 0. The Morgan fingerprint density at radius 3 is 2.77 bits per heavy atom. The SMILES string of the molecule is O=C(c1ccc([N+](=O)[O-])cc1Cl)N1CCc2sccc2[C@@H]1c1cccs1. The summed E-state index contributed by atoms with van der Waals surface area (Å²) >= 11 is 9.51. The molecule has 0 saturated carbocycles. The van der Waals surface area contributed by atoms with Crippen molar-refractivity contribution in [2.45, 2.75) is 12.5 Å². The van der Waals surface area contributed by atoms with Crippen LogP contribution < -0.4 is 0 Å². The molecule has 0 saturated heterocycles. The molecule has 1 aromatic carbocycles. The van der Waals surface area contributed by atoms with E-state index in [1.807, 2.05) is 22.4 Å². The number of halogens is 1. The lowest BCUT2D eigenvalue weighted by Crippen LogP contribution is -2.39. The minimum absolute atomic E-state index is 0.102. The number of fused-ring (bicyclic) bond motifs is 1. The van der Waals surface area contributed by atoms with Crippen molar-refractivity contribution in [3.05, 3.63) is 83.2 Å². The Balaban J connectivity index is 1.74. The number of non-ortho nitro benzene ring substituents is 1. The van der Waals surface area contributed by atoms with Crippen LogP contribution in [0, 0.1) is 10.1 Å². The van der Waals surface area contributed by atoms with Crippen molar-refractivity contribution in [3.63, 3.8) is 0 Å². The Hall–Kier alpha value is -2.22. The van der Waals surface area contributed by atoms with Gasteiger partial charge < -0.3 is 4.90 Å². The third-order valence-electron chi connectivity index (χ3n) is 4.43. The van der Waals surface area contributed by atoms with Gasteiger partial charge in [0.1, 0.15) is 0 Å². The number of benzene rings is 1. The standard InChI is InChI=1S/C18H13ClN2O3S2/c19-14-10-11(21(23)24)3-4-12(14)18(22)20-7-5-15-13(6-9-26-15)17(20)16-2-1-8-25-16/h1-4,6,8-10,17H,5,7H2/t17-/m1/s1. The van der Waals surface area contributed by atoms with Gasteiger partial charge in [0.25, 0.3) is 11.6 Å². The summed E-state index contributed by atoms with van der Waals surface area (Å²) in [6.07, 6.45) is 0.797. The molecule has 3 aromatic rings. The van der Waals surface area contributed by atoms with E-state index >= 15 is 0 Å². The largest absolute Gasteiger partial charge is 0.326 e. The smallest absolute Gasteiger partial charge is 0.270 e. The van der Waals surface area contributed by atoms with Crippen LogP contribution in [0.3, 0.4) is 0 Å². The zero-order valence-corrected chi connectivity index (χ0v) is 15.8. The third-order valence-corrected chi connectivity index (χ3v) is 6.67. The Morgan fingerprint density at radius 1 is 1.23 bits per heavy atom. The summed E-state index contributed by atoms with van der Waals surface area (Å²) in [6, 6.07) is 9.91. The van der Waals surface area contributed by atoms with Crippen molar-refractivity contribution in [2.24, 2.45) is 0 Å². The van der Waals surface area contributed by atoms with Crippen molar-refractivity contribution in [1.82, 2.24) is 4.90 Å². The number of thiophene rings is 2. The van der Waals surface area contributed by atoms with Gasteiger partial charge in [-0.05, 0) is 40.9 Å². The summed E-state index contributed by atoms with van der Waals surface area (Å²) in [5.41, 5.74) is 1.31. The molecule has 2 aromatic heterocycles. The number of amides is 1. The molecule has 0 spiro atoms. The van der Waals surface area contributed by atoms with Crippen LogP contribution in [0.15, 0.2) is 47.2 Å². The molecule has 0 unspecified atom stereocenters. The molecule has 1 aliphatic rings. The maximum atomic E-state index is 13.2. The van der Waals surface area contributed by atoms with Gasteiger partial charge in [0, 0.05) is 28.4 Å². The number of rotatable bonds is 3. The van der Waals surface area contributed by atoms with E-state index in [2.05, 4.69) is 11.4 Å². The van der Waals surface area contributed by atoms with Crippen LogP contribution in [-0.4, -0.2) is 22.3 Å². The summed E-state index contributed by atoms with van der Waals surface area (Å²) in [5.74, 6) is -0.208. The van der Waals surface area contributed by atoms with Crippen LogP contribution in [0.1, 0.15) is 31.7 Å². The molecule has 0 bridgehead atoms. The number of carbonyl (C=O) groups excluding carboxylic acids is 1. The fraction of sp³-hybridized carbons (Fsp3) is 0.167. The van der Waals surface area contributed by atoms with Gasteiger partial charge in [-0.25, -0.2) is 0 Å². The first-order valence-corrected chi connectivity index (χ1v) is 10.0. The zero-order valence-electron chi connectivity index (χ0n) is 13.4. The maximum absolute atomic E-state index is 13.2. The van der Waals surface area contributed by atoms with Gasteiger partial charge >= 0.3 is 0 Å². The zero-order chi connectivity index (χ0) is 18.3. The molecule has 1 atom stereocenters. The predicted octanol–water partition coefficient (Wildman–Crippen LogP) is 5.16. The Morgan fingerprint density at radius 2 is 2.08 bits per heavy atom. The van der Waals surface area contributed by atoms with Gasteiger partial charge in [0.05, 0.1) is 21.6 Å². The average molecular weight is 405 g/mol. The maximum Gasteiger partial charge on any atom is 0.270 e. The van der Waals surface area contributed by atoms with Crippen molar-refractivity contribution in [2.75, 3.05) is 6.54 Å². The first-order chi connectivity index (χ1) is 12.6. The monoisotopic (exact) mass is 404 g/mol. The number of nitro groups is 1. The molecule has 8 heteroatoms. The second-order valence-electron chi connectivity index (χ2n) is 5.89. The van der Waals surface area contributed by atoms with Crippen LogP contribution in [0.5, 0.6) is 0 Å². The van der Waals surface area contributed by atoms with Crippen molar-refractivity contribution in [3.8, 4) is 0 Å². The van der Waals surface area contributed by atoms with Gasteiger partial charge in [0.15, 0.2) is 0 Å². The van der Waals surface area contributed by atoms with Crippen LogP contribution in [0.4, 0.5) is 5.69 Å². The van der Waals surface area contributed by atoms with Crippen LogP contribution in [0.2, 0.25) is 5.02 Å². The van der Waals surface area contributed by atoms with E-state index in [1.54, 1.807) is 22.7 Å². The van der Waals surface area contributed by atoms with Gasteiger partial charge in [-0.3, -0.25) is 14.9 Å². The number of carbonyl (C=O) groups is 1. The molecule has 0 radical (unpaired) electrons. The molecule has 1 aliphatic heterocycles. The lowest BCUT2D eigenvalue weighted by molar-refractivity contribution is -0.384. The highest BCUT2D eigenvalue weighted by Gasteiger charge is 2.34. The molecule has 5 nitrogen and oxygen atoms in total. The first kappa shape index (κ1) is 17.2. The molecule has 0 N–H and O–H groups in total. The fourth-order valence-corrected chi connectivity index (χ4v) is 5.25. The van der Waals surface area contributed by atoms with E-state index in [9.17, 15) is 14.9 Å².